The number of carbonyl (C=O) groups is 1. The maximum atomic E-state index is 13.7. The first-order valence-electron chi connectivity index (χ1n) is 16.2. The molecule has 5 rings (SSSR count). The lowest BCUT2D eigenvalue weighted by atomic mass is 9.87. The second kappa shape index (κ2) is 14.5. The molecule has 12 heteroatoms. The molecule has 0 amide bonds. The number of alkyl halides is 6. The molecule has 1 N–H and O–H groups in total. The number of cyclic esters (lactones) is 1. The molecule has 2 aromatic carbocycles. The summed E-state index contributed by atoms with van der Waals surface area (Å²) >= 11 is 0. The molecule has 260 valence electrons. The number of aliphatic hydroxyl groups is 1. The number of esters is 1. The van der Waals surface area contributed by atoms with Crippen LogP contribution >= 0.6 is 0 Å². The van der Waals surface area contributed by atoms with Crippen molar-refractivity contribution in [3.8, 4) is 16.9 Å². The Morgan fingerprint density at radius 1 is 0.979 bits per heavy atom. The van der Waals surface area contributed by atoms with E-state index in [0.29, 0.717) is 35.9 Å². The number of aromatic nitrogens is 1. The fourth-order valence-electron chi connectivity index (χ4n) is 6.50. The fourth-order valence-corrected chi connectivity index (χ4v) is 6.50. The number of hydrogen-bond acceptors (Lipinski definition) is 6. The smallest absolute Gasteiger partial charge is 0.416 e. The van der Waals surface area contributed by atoms with Crippen LogP contribution in [-0.2, 0) is 28.4 Å². The van der Waals surface area contributed by atoms with E-state index >= 15 is 0 Å². The third-order valence-corrected chi connectivity index (χ3v) is 9.22. The van der Waals surface area contributed by atoms with Crippen LogP contribution in [0.1, 0.15) is 104 Å². The third-order valence-electron chi connectivity index (χ3n) is 9.22. The zero-order chi connectivity index (χ0) is 34.8. The Hall–Kier alpha value is -3.64. The predicted molar refractivity (Wildman–Crippen MR) is 167 cm³/mol. The molecule has 0 radical (unpaired) electrons. The van der Waals surface area contributed by atoms with Crippen molar-refractivity contribution >= 4 is 5.97 Å². The van der Waals surface area contributed by atoms with Crippen LogP contribution in [0.3, 0.4) is 0 Å². The Kier molecular flexibility index (Phi) is 10.7. The van der Waals surface area contributed by atoms with Gasteiger partial charge in [-0.3, -0.25) is 14.7 Å². The lowest BCUT2D eigenvalue weighted by Gasteiger charge is -2.39. The Morgan fingerprint density at radius 2 is 1.67 bits per heavy atom. The maximum absolute atomic E-state index is 13.7. The number of aliphatic hydroxyl groups excluding tert-OH is 1. The first kappa shape index (κ1) is 35.7. The number of pyridine rings is 1. The van der Waals surface area contributed by atoms with Gasteiger partial charge in [-0.1, -0.05) is 25.5 Å². The molecule has 3 atom stereocenters. The molecule has 2 heterocycles. The van der Waals surface area contributed by atoms with Crippen LogP contribution in [0.5, 0.6) is 5.75 Å². The van der Waals surface area contributed by atoms with Gasteiger partial charge in [0.15, 0.2) is 0 Å². The van der Waals surface area contributed by atoms with Crippen LogP contribution in [0.25, 0.3) is 11.1 Å². The molecule has 1 saturated carbocycles. The van der Waals surface area contributed by atoms with E-state index < -0.39 is 41.6 Å². The summed E-state index contributed by atoms with van der Waals surface area (Å²) in [6, 6.07) is 10.4. The first-order chi connectivity index (χ1) is 22.7. The summed E-state index contributed by atoms with van der Waals surface area (Å²) in [7, 11) is 1.57. The molecule has 1 saturated heterocycles. The second-order valence-electron chi connectivity index (χ2n) is 12.7. The molecule has 1 aliphatic heterocycles. The van der Waals surface area contributed by atoms with E-state index in [1.807, 2.05) is 24.3 Å². The Bertz CT molecular complexity index is 1570. The highest BCUT2D eigenvalue weighted by Crippen LogP contribution is 2.43. The van der Waals surface area contributed by atoms with Crippen molar-refractivity contribution in [3.05, 3.63) is 82.2 Å². The van der Waals surface area contributed by atoms with Gasteiger partial charge in [0.25, 0.3) is 0 Å². The maximum Gasteiger partial charge on any atom is 0.416 e. The van der Waals surface area contributed by atoms with Gasteiger partial charge in [-0.2, -0.15) is 26.3 Å². The minimum absolute atomic E-state index is 0.0620. The molecule has 48 heavy (non-hydrogen) atoms. The summed E-state index contributed by atoms with van der Waals surface area (Å²) in [4.78, 5) is 19.6. The number of rotatable bonds is 12. The largest absolute Gasteiger partial charge is 0.496 e. The van der Waals surface area contributed by atoms with Crippen LogP contribution in [0.2, 0.25) is 0 Å². The fraction of sp³-hybridized carbons (Fsp3) is 0.500. The van der Waals surface area contributed by atoms with Crippen LogP contribution in [-0.4, -0.2) is 47.3 Å². The highest BCUT2D eigenvalue weighted by molar-refractivity contribution is 5.75. The van der Waals surface area contributed by atoms with Crippen LogP contribution in [0, 0.1) is 0 Å². The van der Waals surface area contributed by atoms with E-state index in [0.717, 1.165) is 54.5 Å². The van der Waals surface area contributed by atoms with Gasteiger partial charge in [0.05, 0.1) is 30.5 Å². The summed E-state index contributed by atoms with van der Waals surface area (Å²) in [6.07, 6.45) is -6.14. The van der Waals surface area contributed by atoms with Gasteiger partial charge in [-0.15, -0.1) is 0 Å². The van der Waals surface area contributed by atoms with Gasteiger partial charge < -0.3 is 14.6 Å². The number of nitrogens with zero attached hydrogens (tertiary/aromatic N) is 2. The quantitative estimate of drug-likeness (QED) is 0.153. The zero-order valence-corrected chi connectivity index (χ0v) is 27.1. The molecule has 6 nitrogen and oxygen atoms in total. The van der Waals surface area contributed by atoms with E-state index in [1.165, 1.54) is 0 Å². The van der Waals surface area contributed by atoms with Gasteiger partial charge in [-0.25, -0.2) is 0 Å². The molecule has 2 fully saturated rings. The molecule has 0 spiro atoms. The number of methoxy groups -OCH3 is 1. The molecule has 2 aliphatic rings. The van der Waals surface area contributed by atoms with Crippen molar-refractivity contribution in [1.82, 2.24) is 9.88 Å². The lowest BCUT2D eigenvalue weighted by Crippen LogP contribution is -2.47. The molecule has 1 aliphatic carbocycles. The van der Waals surface area contributed by atoms with E-state index in [9.17, 15) is 36.2 Å². The van der Waals surface area contributed by atoms with Crippen molar-refractivity contribution in [3.63, 3.8) is 0 Å². The van der Waals surface area contributed by atoms with E-state index in [2.05, 4.69) is 13.0 Å². The minimum atomic E-state index is -5.04. The van der Waals surface area contributed by atoms with Crippen LogP contribution in [0.15, 0.2) is 48.5 Å². The number of ether oxygens (including phenoxy) is 2. The molecule has 1 aromatic heterocycles. The normalized spacial score (nSPS) is 19.7. The summed E-state index contributed by atoms with van der Waals surface area (Å²) in [5.74, 6) is 0.335. The van der Waals surface area contributed by atoms with Crippen molar-refractivity contribution in [2.24, 2.45) is 0 Å². The monoisotopic (exact) mass is 678 g/mol. The van der Waals surface area contributed by atoms with Crippen molar-refractivity contribution < 1.29 is 45.7 Å². The molecular formula is C36H40F6N2O4. The molecule has 3 unspecified atom stereocenters. The second-order valence-corrected chi connectivity index (χ2v) is 12.7. The van der Waals surface area contributed by atoms with Gasteiger partial charge in [0.2, 0.25) is 0 Å². The van der Waals surface area contributed by atoms with Crippen LogP contribution < -0.4 is 4.74 Å². The Labute approximate surface area is 276 Å². The summed E-state index contributed by atoms with van der Waals surface area (Å²) in [5.41, 5.74) is 0.769. The highest BCUT2D eigenvalue weighted by atomic mass is 19.4. The van der Waals surface area contributed by atoms with Gasteiger partial charge >= 0.3 is 18.3 Å². The average molecular weight is 679 g/mol. The first-order valence-corrected chi connectivity index (χ1v) is 16.2. The summed E-state index contributed by atoms with van der Waals surface area (Å²) in [6.45, 7) is 3.68. The number of carbonyl (C=O) groups excluding carboxylic acids is 1. The third kappa shape index (κ3) is 8.14. The zero-order valence-electron chi connectivity index (χ0n) is 27.1. The van der Waals surface area contributed by atoms with E-state index in [4.69, 9.17) is 14.5 Å². The van der Waals surface area contributed by atoms with E-state index in [1.54, 1.807) is 18.9 Å². The average Bonchev–Trinajstić information content (AvgIpc) is 3.89. The van der Waals surface area contributed by atoms with Crippen molar-refractivity contribution in [2.45, 2.75) is 95.3 Å². The lowest BCUT2D eigenvalue weighted by molar-refractivity contribution is -0.165. The Balaban J connectivity index is 1.55. The Morgan fingerprint density at radius 3 is 2.25 bits per heavy atom. The molecule has 3 aromatic rings. The predicted octanol–water partition coefficient (Wildman–Crippen LogP) is 8.82. The van der Waals surface area contributed by atoms with E-state index in [-0.39, 0.29) is 37.2 Å². The molecular weight excluding hydrogens is 638 g/mol. The highest BCUT2D eigenvalue weighted by Gasteiger charge is 2.41. The number of benzene rings is 2. The van der Waals surface area contributed by atoms with Crippen molar-refractivity contribution in [2.75, 3.05) is 20.3 Å². The number of morpholine rings is 1. The van der Waals surface area contributed by atoms with Crippen molar-refractivity contribution in [1.29, 1.82) is 0 Å². The topological polar surface area (TPSA) is 71.9 Å². The van der Waals surface area contributed by atoms with Gasteiger partial charge in [-0.05, 0) is 92.5 Å². The van der Waals surface area contributed by atoms with Gasteiger partial charge in [0, 0.05) is 41.9 Å². The standard InChI is InChI=1S/C36H40F6N2O4/c1-4-6-22(7-5-14-45)24-10-13-32(47-3)29(17-24)28-11-12-30(23-8-9-23)43-31(28)19-44-20-33(46)48-34(21(44)2)25-15-26(35(37,38)39)18-27(16-25)36(40,41)42/h10-13,15-18,21-23,34,45H,4-9,14,19-20H2,1-3H3. The summed E-state index contributed by atoms with van der Waals surface area (Å²) in [5, 5.41) is 9.48. The number of hydrogen-bond donors (Lipinski definition) is 1. The minimum Gasteiger partial charge on any atom is -0.496 e. The summed E-state index contributed by atoms with van der Waals surface area (Å²) < 4.78 is 93.3. The van der Waals surface area contributed by atoms with Crippen LogP contribution in [0.4, 0.5) is 26.3 Å². The molecule has 0 bridgehead atoms. The van der Waals surface area contributed by atoms with Gasteiger partial charge in [0.1, 0.15) is 11.9 Å². The number of halogens is 6. The SMILES string of the molecule is CCCC(CCCO)c1ccc(OC)c(-c2ccc(C3CC3)nc2CN2CC(=O)OC(c3cc(C(F)(F)F)cc(C(F)(F)F)c3)C2C)c1.